The summed E-state index contributed by atoms with van der Waals surface area (Å²) in [6.45, 7) is 6.33. The molecule has 2 atom stereocenters. The monoisotopic (exact) mass is 354 g/mol. The number of carbonyl (C=O) groups excluding carboxylic acids is 2. The largest absolute Gasteiger partial charge is 0.342 e. The predicted octanol–water partition coefficient (Wildman–Crippen LogP) is 2.73. The number of aromatic amines is 1. The van der Waals surface area contributed by atoms with Crippen LogP contribution in [0.25, 0.3) is 11.0 Å². The van der Waals surface area contributed by atoms with Crippen molar-refractivity contribution in [2.45, 2.75) is 45.6 Å². The number of likely N-dealkylation sites (tertiary alicyclic amines) is 2. The number of nitrogens with one attached hydrogen (secondary N) is 1. The van der Waals surface area contributed by atoms with Crippen LogP contribution in [0.4, 0.5) is 0 Å². The first-order chi connectivity index (χ1) is 12.6. The molecule has 26 heavy (non-hydrogen) atoms. The highest BCUT2D eigenvalue weighted by Gasteiger charge is 2.40. The Bertz CT molecular complexity index is 843. The number of piperidine rings is 2. The molecule has 2 saturated heterocycles. The van der Waals surface area contributed by atoms with Crippen LogP contribution in [0, 0.1) is 12.8 Å². The van der Waals surface area contributed by atoms with Crippen molar-refractivity contribution < 1.29 is 9.59 Å². The van der Waals surface area contributed by atoms with Gasteiger partial charge in [0.05, 0.1) is 11.0 Å². The standard InChI is InChI=1S/C20H26N4O2/c1-3-9-24-18-8-10-23(12-15(18)5-7-19(24)25)20(26)14-4-6-16-17(11-14)22-13(2)21-16/h4,6,11,15,18H,3,5,7-10,12H2,1-2H3,(H,21,22)/t15-,18+/m0/s1. The van der Waals surface area contributed by atoms with E-state index in [9.17, 15) is 9.59 Å². The van der Waals surface area contributed by atoms with Crippen LogP contribution in [0.2, 0.25) is 0 Å². The first kappa shape index (κ1) is 17.1. The molecule has 1 aromatic carbocycles. The zero-order valence-electron chi connectivity index (χ0n) is 15.5. The van der Waals surface area contributed by atoms with Crippen LogP contribution >= 0.6 is 0 Å². The van der Waals surface area contributed by atoms with Gasteiger partial charge < -0.3 is 14.8 Å². The molecule has 1 aromatic heterocycles. The number of carbonyl (C=O) groups is 2. The van der Waals surface area contributed by atoms with Gasteiger partial charge in [-0.05, 0) is 50.3 Å². The molecule has 0 unspecified atom stereocenters. The number of aromatic nitrogens is 2. The Kier molecular flexibility index (Phi) is 4.42. The Balaban J connectivity index is 1.50. The number of H-pyrrole nitrogens is 1. The molecule has 2 aliphatic heterocycles. The van der Waals surface area contributed by atoms with E-state index in [-0.39, 0.29) is 11.8 Å². The summed E-state index contributed by atoms with van der Waals surface area (Å²) in [6.07, 6.45) is 3.38. The van der Waals surface area contributed by atoms with Gasteiger partial charge in [0.15, 0.2) is 0 Å². The van der Waals surface area contributed by atoms with Gasteiger partial charge in [-0.15, -0.1) is 0 Å². The molecule has 2 amide bonds. The van der Waals surface area contributed by atoms with Crippen LogP contribution in [-0.2, 0) is 4.79 Å². The molecular formula is C20H26N4O2. The van der Waals surface area contributed by atoms with E-state index in [0.717, 1.165) is 49.2 Å². The molecule has 2 aliphatic rings. The molecule has 138 valence electrons. The quantitative estimate of drug-likeness (QED) is 0.921. The van der Waals surface area contributed by atoms with E-state index in [2.05, 4.69) is 21.8 Å². The number of hydrogen-bond acceptors (Lipinski definition) is 3. The lowest BCUT2D eigenvalue weighted by Crippen LogP contribution is -2.57. The van der Waals surface area contributed by atoms with Crippen molar-refractivity contribution in [3.05, 3.63) is 29.6 Å². The summed E-state index contributed by atoms with van der Waals surface area (Å²) in [7, 11) is 0. The number of benzene rings is 1. The SMILES string of the molecule is CCCN1C(=O)CC[C@H]2CN(C(=O)c3ccc4nc(C)[nH]c4c3)CC[C@H]21. The fourth-order valence-corrected chi connectivity index (χ4v) is 4.52. The minimum absolute atomic E-state index is 0.0801. The Labute approximate surface area is 153 Å². The second kappa shape index (κ2) is 6.74. The van der Waals surface area contributed by atoms with Crippen LogP contribution in [0.1, 0.15) is 48.8 Å². The van der Waals surface area contributed by atoms with Gasteiger partial charge in [-0.2, -0.15) is 0 Å². The number of hydrogen-bond donors (Lipinski definition) is 1. The third-order valence-electron chi connectivity index (χ3n) is 5.74. The maximum Gasteiger partial charge on any atom is 0.253 e. The molecule has 0 aliphatic carbocycles. The lowest BCUT2D eigenvalue weighted by molar-refractivity contribution is -0.140. The van der Waals surface area contributed by atoms with E-state index in [0.29, 0.717) is 30.5 Å². The smallest absolute Gasteiger partial charge is 0.253 e. The molecule has 3 heterocycles. The number of nitrogens with zero attached hydrogens (tertiary/aromatic N) is 3. The highest BCUT2D eigenvalue weighted by molar-refractivity contribution is 5.97. The molecule has 2 fully saturated rings. The van der Waals surface area contributed by atoms with E-state index in [4.69, 9.17) is 0 Å². The van der Waals surface area contributed by atoms with E-state index >= 15 is 0 Å². The molecule has 2 aromatic rings. The van der Waals surface area contributed by atoms with E-state index < -0.39 is 0 Å². The molecule has 0 spiro atoms. The second-order valence-corrected chi connectivity index (χ2v) is 7.55. The summed E-state index contributed by atoms with van der Waals surface area (Å²) in [6, 6.07) is 5.97. The average molecular weight is 354 g/mol. The Morgan fingerprint density at radius 3 is 3.00 bits per heavy atom. The zero-order valence-corrected chi connectivity index (χ0v) is 15.5. The van der Waals surface area contributed by atoms with Gasteiger partial charge in [-0.25, -0.2) is 4.98 Å². The highest BCUT2D eigenvalue weighted by atomic mass is 16.2. The van der Waals surface area contributed by atoms with Crippen LogP contribution in [0.15, 0.2) is 18.2 Å². The Morgan fingerprint density at radius 1 is 1.35 bits per heavy atom. The normalized spacial score (nSPS) is 23.4. The third kappa shape index (κ3) is 2.97. The Hall–Kier alpha value is -2.37. The maximum atomic E-state index is 13.0. The van der Waals surface area contributed by atoms with Crippen LogP contribution in [0.3, 0.4) is 0 Å². The zero-order chi connectivity index (χ0) is 18.3. The number of rotatable bonds is 3. The van der Waals surface area contributed by atoms with Crippen LogP contribution in [-0.4, -0.2) is 57.3 Å². The number of aryl methyl sites for hydroxylation is 1. The number of imidazole rings is 1. The van der Waals surface area contributed by atoms with E-state index in [1.807, 2.05) is 30.0 Å². The first-order valence-corrected chi connectivity index (χ1v) is 9.62. The lowest BCUT2D eigenvalue weighted by atomic mass is 9.83. The minimum Gasteiger partial charge on any atom is -0.342 e. The fraction of sp³-hybridized carbons (Fsp3) is 0.550. The number of amides is 2. The molecule has 6 heteroatoms. The summed E-state index contributed by atoms with van der Waals surface area (Å²) >= 11 is 0. The topological polar surface area (TPSA) is 69.3 Å². The molecule has 0 radical (unpaired) electrons. The van der Waals surface area contributed by atoms with Crippen molar-refractivity contribution in [3.63, 3.8) is 0 Å². The van der Waals surface area contributed by atoms with Gasteiger partial charge in [-0.1, -0.05) is 6.92 Å². The predicted molar refractivity (Wildman–Crippen MR) is 99.9 cm³/mol. The van der Waals surface area contributed by atoms with Crippen molar-refractivity contribution >= 4 is 22.8 Å². The lowest BCUT2D eigenvalue weighted by Gasteiger charge is -2.47. The van der Waals surface area contributed by atoms with E-state index in [1.54, 1.807) is 0 Å². The van der Waals surface area contributed by atoms with Gasteiger partial charge in [0.2, 0.25) is 5.91 Å². The van der Waals surface area contributed by atoms with Crippen LogP contribution in [0.5, 0.6) is 0 Å². The van der Waals surface area contributed by atoms with Gasteiger partial charge in [0, 0.05) is 37.7 Å². The van der Waals surface area contributed by atoms with Crippen molar-refractivity contribution in [3.8, 4) is 0 Å². The summed E-state index contributed by atoms with van der Waals surface area (Å²) in [5.41, 5.74) is 2.50. The summed E-state index contributed by atoms with van der Waals surface area (Å²) in [4.78, 5) is 36.9. The van der Waals surface area contributed by atoms with Gasteiger partial charge >= 0.3 is 0 Å². The molecule has 1 N–H and O–H groups in total. The average Bonchev–Trinajstić information content (AvgIpc) is 3.02. The van der Waals surface area contributed by atoms with E-state index in [1.165, 1.54) is 0 Å². The summed E-state index contributed by atoms with van der Waals surface area (Å²) < 4.78 is 0. The van der Waals surface area contributed by atoms with Gasteiger partial charge in [0.25, 0.3) is 5.91 Å². The van der Waals surface area contributed by atoms with Gasteiger partial charge in [0.1, 0.15) is 5.82 Å². The van der Waals surface area contributed by atoms with Gasteiger partial charge in [-0.3, -0.25) is 9.59 Å². The minimum atomic E-state index is 0.0801. The van der Waals surface area contributed by atoms with Crippen molar-refractivity contribution in [1.82, 2.24) is 19.8 Å². The number of fused-ring (bicyclic) bond motifs is 2. The second-order valence-electron chi connectivity index (χ2n) is 7.55. The maximum absolute atomic E-state index is 13.0. The molecule has 4 rings (SSSR count). The molecule has 0 bridgehead atoms. The third-order valence-corrected chi connectivity index (χ3v) is 5.74. The van der Waals surface area contributed by atoms with Crippen LogP contribution < -0.4 is 0 Å². The summed E-state index contributed by atoms with van der Waals surface area (Å²) in [5.74, 6) is 1.62. The first-order valence-electron chi connectivity index (χ1n) is 9.62. The van der Waals surface area contributed by atoms with Crippen molar-refractivity contribution in [1.29, 1.82) is 0 Å². The highest BCUT2D eigenvalue weighted by Crippen LogP contribution is 2.32. The van der Waals surface area contributed by atoms with Crippen molar-refractivity contribution in [2.75, 3.05) is 19.6 Å². The fourth-order valence-electron chi connectivity index (χ4n) is 4.52. The summed E-state index contributed by atoms with van der Waals surface area (Å²) in [5, 5.41) is 0. The molecule has 6 nitrogen and oxygen atoms in total. The van der Waals surface area contributed by atoms with Crippen molar-refractivity contribution in [2.24, 2.45) is 5.92 Å². The molecular weight excluding hydrogens is 328 g/mol. The molecule has 0 saturated carbocycles. The Morgan fingerprint density at radius 2 is 2.19 bits per heavy atom.